The topological polar surface area (TPSA) is 50.1 Å². The summed E-state index contributed by atoms with van der Waals surface area (Å²) in [5.41, 5.74) is 0.484. The zero-order chi connectivity index (χ0) is 13.7. The Morgan fingerprint density at radius 1 is 1.28 bits per heavy atom. The van der Waals surface area contributed by atoms with Crippen LogP contribution in [0.25, 0.3) is 0 Å². The summed E-state index contributed by atoms with van der Waals surface area (Å²) in [6.45, 7) is 0.530. The lowest BCUT2D eigenvalue weighted by Crippen LogP contribution is -2.16. The fourth-order valence-corrected chi connectivity index (χ4v) is 1.48. The summed E-state index contributed by atoms with van der Waals surface area (Å²) in [5.74, 6) is -1.32. The molecule has 5 heteroatoms. The monoisotopic (exact) mass is 253 g/mol. The molecule has 0 amide bonds. The van der Waals surface area contributed by atoms with Gasteiger partial charge in [-0.1, -0.05) is 26.0 Å². The van der Waals surface area contributed by atoms with Crippen LogP contribution in [-0.2, 0) is 4.79 Å². The number of benzene rings is 1. The number of hydrogen-bond donors (Lipinski definition) is 0. The van der Waals surface area contributed by atoms with Gasteiger partial charge in [0, 0.05) is 5.92 Å². The quantitative estimate of drug-likeness (QED) is 0.810. The van der Waals surface area contributed by atoms with E-state index in [2.05, 4.69) is 4.74 Å². The van der Waals surface area contributed by atoms with E-state index in [0.717, 1.165) is 0 Å². The Morgan fingerprint density at radius 3 is 2.22 bits per heavy atom. The third-order valence-electron chi connectivity index (χ3n) is 2.42. The molecule has 1 atom stereocenters. The molecule has 0 bridgehead atoms. The van der Waals surface area contributed by atoms with Crippen LogP contribution in [-0.4, -0.2) is 12.4 Å². The van der Waals surface area contributed by atoms with E-state index >= 15 is 0 Å². The minimum Gasteiger partial charge on any atom is -0.435 e. The van der Waals surface area contributed by atoms with Gasteiger partial charge >= 0.3 is 6.61 Å². The molecule has 0 spiro atoms. The number of carbonyl (C=O) groups excluding carboxylic acids is 1. The van der Waals surface area contributed by atoms with E-state index in [4.69, 9.17) is 5.26 Å². The van der Waals surface area contributed by atoms with Gasteiger partial charge in [-0.3, -0.25) is 4.79 Å². The Bertz CT molecular complexity index is 449. The molecule has 0 aliphatic carbocycles. The third kappa shape index (κ3) is 3.52. The second-order valence-electron chi connectivity index (χ2n) is 4.07. The minimum atomic E-state index is -2.89. The number of nitriles is 1. The molecular weight excluding hydrogens is 240 g/mol. The molecule has 3 nitrogen and oxygen atoms in total. The summed E-state index contributed by atoms with van der Waals surface area (Å²) in [4.78, 5) is 11.8. The van der Waals surface area contributed by atoms with Gasteiger partial charge in [-0.2, -0.15) is 14.0 Å². The van der Waals surface area contributed by atoms with Gasteiger partial charge in [-0.15, -0.1) is 0 Å². The van der Waals surface area contributed by atoms with Crippen LogP contribution in [0, 0.1) is 17.2 Å². The van der Waals surface area contributed by atoms with Gasteiger partial charge in [-0.05, 0) is 17.7 Å². The average Bonchev–Trinajstić information content (AvgIpc) is 2.31. The fraction of sp³-hybridized carbons (Fsp3) is 0.385. The molecule has 1 rings (SSSR count). The molecule has 0 aromatic heterocycles. The van der Waals surface area contributed by atoms with Crippen LogP contribution < -0.4 is 4.74 Å². The van der Waals surface area contributed by atoms with Crippen molar-refractivity contribution in [2.75, 3.05) is 0 Å². The smallest absolute Gasteiger partial charge is 0.387 e. The van der Waals surface area contributed by atoms with Crippen LogP contribution in [0.4, 0.5) is 8.78 Å². The van der Waals surface area contributed by atoms with Gasteiger partial charge in [0.05, 0.1) is 6.07 Å². The summed E-state index contributed by atoms with van der Waals surface area (Å²) in [5, 5.41) is 8.99. The molecule has 0 N–H and O–H groups in total. The Hall–Kier alpha value is -1.96. The van der Waals surface area contributed by atoms with E-state index in [1.54, 1.807) is 13.8 Å². The largest absolute Gasteiger partial charge is 0.435 e. The Kier molecular flexibility index (Phi) is 4.78. The Balaban J connectivity index is 2.90. The van der Waals surface area contributed by atoms with Crippen LogP contribution in [0.3, 0.4) is 0 Å². The maximum absolute atomic E-state index is 12.0. The molecule has 0 aliphatic heterocycles. The van der Waals surface area contributed by atoms with Crippen LogP contribution in [0.2, 0.25) is 0 Å². The maximum atomic E-state index is 12.0. The van der Waals surface area contributed by atoms with Crippen LogP contribution in [0.1, 0.15) is 25.3 Å². The van der Waals surface area contributed by atoms with Gasteiger partial charge in [-0.25, -0.2) is 0 Å². The first kappa shape index (κ1) is 14.1. The molecule has 0 saturated carbocycles. The zero-order valence-electron chi connectivity index (χ0n) is 10.1. The van der Waals surface area contributed by atoms with Crippen molar-refractivity contribution in [3.05, 3.63) is 29.8 Å². The first-order valence-corrected chi connectivity index (χ1v) is 5.43. The summed E-state index contributed by atoms with van der Waals surface area (Å²) in [6, 6.07) is 7.46. The van der Waals surface area contributed by atoms with Crippen molar-refractivity contribution in [3.8, 4) is 11.8 Å². The molecular formula is C13H13F2NO2. The van der Waals surface area contributed by atoms with Crippen LogP contribution in [0.5, 0.6) is 5.75 Å². The third-order valence-corrected chi connectivity index (χ3v) is 2.42. The van der Waals surface area contributed by atoms with Gasteiger partial charge < -0.3 is 4.74 Å². The van der Waals surface area contributed by atoms with Gasteiger partial charge in [0.1, 0.15) is 11.7 Å². The van der Waals surface area contributed by atoms with E-state index in [9.17, 15) is 13.6 Å². The Morgan fingerprint density at radius 2 is 1.83 bits per heavy atom. The van der Waals surface area contributed by atoms with E-state index in [-0.39, 0.29) is 17.5 Å². The maximum Gasteiger partial charge on any atom is 0.387 e. The number of hydrogen-bond acceptors (Lipinski definition) is 3. The van der Waals surface area contributed by atoms with Gasteiger partial charge in [0.15, 0.2) is 5.78 Å². The molecule has 0 heterocycles. The number of carbonyl (C=O) groups is 1. The molecule has 0 fully saturated rings. The summed E-state index contributed by atoms with van der Waals surface area (Å²) in [6.07, 6.45) is 0. The number of rotatable bonds is 5. The molecule has 0 radical (unpaired) electrons. The normalized spacial score (nSPS) is 12.3. The summed E-state index contributed by atoms with van der Waals surface area (Å²) < 4.78 is 28.1. The van der Waals surface area contributed by atoms with E-state index in [1.165, 1.54) is 24.3 Å². The highest BCUT2D eigenvalue weighted by Crippen LogP contribution is 2.23. The van der Waals surface area contributed by atoms with Crippen molar-refractivity contribution in [2.24, 2.45) is 5.92 Å². The van der Waals surface area contributed by atoms with Crippen LogP contribution in [0.15, 0.2) is 24.3 Å². The van der Waals surface area contributed by atoms with Crippen LogP contribution >= 0.6 is 0 Å². The molecule has 96 valence electrons. The van der Waals surface area contributed by atoms with Crippen molar-refractivity contribution >= 4 is 5.78 Å². The molecule has 18 heavy (non-hydrogen) atoms. The summed E-state index contributed by atoms with van der Waals surface area (Å²) in [7, 11) is 0. The van der Waals surface area contributed by atoms with E-state index < -0.39 is 12.5 Å². The first-order chi connectivity index (χ1) is 8.45. The molecule has 1 aromatic carbocycles. The fourth-order valence-electron chi connectivity index (χ4n) is 1.48. The molecule has 1 unspecified atom stereocenters. The second-order valence-corrected chi connectivity index (χ2v) is 4.07. The highest BCUT2D eigenvalue weighted by Gasteiger charge is 2.22. The van der Waals surface area contributed by atoms with E-state index in [0.29, 0.717) is 5.56 Å². The molecule has 0 aliphatic rings. The number of Topliss-reactive ketones (excluding diaryl/α,β-unsaturated/α-hetero) is 1. The second kappa shape index (κ2) is 6.10. The van der Waals surface area contributed by atoms with E-state index in [1.807, 2.05) is 6.07 Å². The number of nitrogens with zero attached hydrogens (tertiary/aromatic N) is 1. The van der Waals surface area contributed by atoms with Crippen molar-refractivity contribution in [1.29, 1.82) is 5.26 Å². The van der Waals surface area contributed by atoms with Crippen molar-refractivity contribution in [1.82, 2.24) is 0 Å². The lowest BCUT2D eigenvalue weighted by atomic mass is 9.90. The Labute approximate surface area is 104 Å². The van der Waals surface area contributed by atoms with Gasteiger partial charge in [0.25, 0.3) is 0 Å². The molecule has 1 aromatic rings. The first-order valence-electron chi connectivity index (χ1n) is 5.43. The summed E-state index contributed by atoms with van der Waals surface area (Å²) >= 11 is 0. The zero-order valence-corrected chi connectivity index (χ0v) is 10.1. The predicted octanol–water partition coefficient (Wildman–Crippen LogP) is 3.12. The van der Waals surface area contributed by atoms with Crippen molar-refractivity contribution in [3.63, 3.8) is 0 Å². The number of halogens is 2. The number of ketones is 1. The number of ether oxygens (including phenoxy) is 1. The lowest BCUT2D eigenvalue weighted by Gasteiger charge is -2.11. The SMILES string of the molecule is CC(C)C(=O)C(C#N)c1ccc(OC(F)F)cc1. The van der Waals surface area contributed by atoms with Gasteiger partial charge in [0.2, 0.25) is 0 Å². The van der Waals surface area contributed by atoms with Crippen molar-refractivity contribution in [2.45, 2.75) is 26.4 Å². The highest BCUT2D eigenvalue weighted by molar-refractivity contribution is 5.89. The highest BCUT2D eigenvalue weighted by atomic mass is 19.3. The van der Waals surface area contributed by atoms with Crippen molar-refractivity contribution < 1.29 is 18.3 Å². The molecule has 0 saturated heterocycles. The predicted molar refractivity (Wildman–Crippen MR) is 61.3 cm³/mol. The average molecular weight is 253 g/mol. The standard InChI is InChI=1S/C13H13F2NO2/c1-8(2)12(17)11(7-16)9-3-5-10(6-4-9)18-13(14)15/h3-6,8,11,13H,1-2H3. The number of alkyl halides is 2. The lowest BCUT2D eigenvalue weighted by molar-refractivity contribution is -0.122. The minimum absolute atomic E-state index is 0.00226.